The van der Waals surface area contributed by atoms with E-state index in [9.17, 15) is 0 Å². The summed E-state index contributed by atoms with van der Waals surface area (Å²) in [5, 5.41) is 3.60. The van der Waals surface area contributed by atoms with E-state index >= 15 is 0 Å². The van der Waals surface area contributed by atoms with Crippen LogP contribution in [0, 0.1) is 5.92 Å². The minimum Gasteiger partial charge on any atom is -0.381 e. The molecule has 0 aliphatic heterocycles. The van der Waals surface area contributed by atoms with Crippen LogP contribution < -0.4 is 11.1 Å². The second-order valence-corrected chi connectivity index (χ2v) is 4.79. The minimum atomic E-state index is 0.445. The zero-order chi connectivity index (χ0) is 9.97. The Bertz CT molecular complexity index is 180. The molecule has 2 unspecified atom stereocenters. The smallest absolute Gasteiger partial charge is 0.0601 e. The quantitative estimate of drug-likeness (QED) is 0.705. The molecule has 2 rings (SSSR count). The molecule has 0 aromatic rings. The van der Waals surface area contributed by atoms with Gasteiger partial charge in [-0.1, -0.05) is 6.42 Å². The first-order valence-electron chi connectivity index (χ1n) is 5.81. The largest absolute Gasteiger partial charge is 0.381 e. The summed E-state index contributed by atoms with van der Waals surface area (Å²) in [6.45, 7) is 1.11. The molecule has 0 heterocycles. The van der Waals surface area contributed by atoms with Gasteiger partial charge in [0.25, 0.3) is 0 Å². The van der Waals surface area contributed by atoms with Crippen LogP contribution in [0.1, 0.15) is 32.1 Å². The predicted molar refractivity (Wildman–Crippen MR) is 57.1 cm³/mol. The van der Waals surface area contributed by atoms with Gasteiger partial charge < -0.3 is 15.8 Å². The fourth-order valence-corrected chi connectivity index (χ4v) is 2.56. The maximum Gasteiger partial charge on any atom is 0.0601 e. The van der Waals surface area contributed by atoms with Crippen LogP contribution in [0.4, 0.5) is 0 Å². The average molecular weight is 198 g/mol. The van der Waals surface area contributed by atoms with Gasteiger partial charge in [0, 0.05) is 19.2 Å². The van der Waals surface area contributed by atoms with E-state index in [4.69, 9.17) is 10.5 Å². The molecule has 2 atom stereocenters. The maximum atomic E-state index is 6.01. The third kappa shape index (κ3) is 2.27. The summed E-state index contributed by atoms with van der Waals surface area (Å²) in [6, 6.07) is 1.13. The summed E-state index contributed by atoms with van der Waals surface area (Å²) in [4.78, 5) is 0. The summed E-state index contributed by atoms with van der Waals surface area (Å²) in [7, 11) is 1.80. The molecule has 2 saturated carbocycles. The highest BCUT2D eigenvalue weighted by molar-refractivity contribution is 4.88. The first-order chi connectivity index (χ1) is 6.79. The van der Waals surface area contributed by atoms with Crippen LogP contribution in [-0.4, -0.2) is 31.8 Å². The summed E-state index contributed by atoms with van der Waals surface area (Å²) >= 11 is 0. The van der Waals surface area contributed by atoms with Crippen molar-refractivity contribution < 1.29 is 4.74 Å². The Balaban J connectivity index is 1.59. The number of nitrogens with two attached hydrogens (primary N) is 1. The molecule has 2 aliphatic rings. The monoisotopic (exact) mass is 198 g/mol. The summed E-state index contributed by atoms with van der Waals surface area (Å²) in [6.07, 6.45) is 6.71. The molecule has 0 spiro atoms. The lowest BCUT2D eigenvalue weighted by Crippen LogP contribution is -2.47. The third-order valence-corrected chi connectivity index (χ3v) is 3.81. The van der Waals surface area contributed by atoms with Gasteiger partial charge in [0.15, 0.2) is 0 Å². The van der Waals surface area contributed by atoms with E-state index in [1.54, 1.807) is 7.11 Å². The number of hydrogen-bond donors (Lipinski definition) is 2. The zero-order valence-electron chi connectivity index (χ0n) is 9.04. The molecule has 82 valence electrons. The topological polar surface area (TPSA) is 47.3 Å². The lowest BCUT2D eigenvalue weighted by Gasteiger charge is -2.35. The number of hydrogen-bond acceptors (Lipinski definition) is 3. The second-order valence-electron chi connectivity index (χ2n) is 4.79. The lowest BCUT2D eigenvalue weighted by atomic mass is 9.88. The average Bonchev–Trinajstić information content (AvgIpc) is 2.49. The lowest BCUT2D eigenvalue weighted by molar-refractivity contribution is 0.0164. The molecule has 14 heavy (non-hydrogen) atoms. The maximum absolute atomic E-state index is 6.01. The van der Waals surface area contributed by atoms with E-state index < -0.39 is 0 Å². The van der Waals surface area contributed by atoms with Crippen LogP contribution in [0.5, 0.6) is 0 Å². The van der Waals surface area contributed by atoms with Gasteiger partial charge >= 0.3 is 0 Å². The SMILES string of the molecule is COC1CC(NCC2CCCC2N)C1. The molecule has 3 N–H and O–H groups in total. The van der Waals surface area contributed by atoms with Gasteiger partial charge in [0.1, 0.15) is 0 Å². The highest BCUT2D eigenvalue weighted by atomic mass is 16.5. The third-order valence-electron chi connectivity index (χ3n) is 3.81. The summed E-state index contributed by atoms with van der Waals surface area (Å²) in [5.74, 6) is 0.719. The molecule has 0 aromatic carbocycles. The first kappa shape index (κ1) is 10.4. The van der Waals surface area contributed by atoms with Gasteiger partial charge in [0.05, 0.1) is 6.10 Å². The Morgan fingerprint density at radius 2 is 2.14 bits per heavy atom. The Labute approximate surface area is 86.4 Å². The van der Waals surface area contributed by atoms with E-state index in [2.05, 4.69) is 5.32 Å². The fraction of sp³-hybridized carbons (Fsp3) is 1.00. The van der Waals surface area contributed by atoms with Crippen molar-refractivity contribution in [2.24, 2.45) is 11.7 Å². The van der Waals surface area contributed by atoms with Crippen molar-refractivity contribution >= 4 is 0 Å². The van der Waals surface area contributed by atoms with Crippen molar-refractivity contribution in [1.82, 2.24) is 5.32 Å². The Hall–Kier alpha value is -0.120. The normalized spacial score (nSPS) is 42.4. The molecule has 2 fully saturated rings. The Kier molecular flexibility index (Phi) is 3.42. The van der Waals surface area contributed by atoms with E-state index in [-0.39, 0.29) is 0 Å². The van der Waals surface area contributed by atoms with Crippen LogP contribution in [0.2, 0.25) is 0 Å². The van der Waals surface area contributed by atoms with Gasteiger partial charge in [-0.05, 0) is 38.1 Å². The number of ether oxygens (including phenoxy) is 1. The fourth-order valence-electron chi connectivity index (χ4n) is 2.56. The Morgan fingerprint density at radius 1 is 1.36 bits per heavy atom. The highest BCUT2D eigenvalue weighted by Gasteiger charge is 2.30. The van der Waals surface area contributed by atoms with E-state index in [0.717, 1.165) is 12.5 Å². The Morgan fingerprint density at radius 3 is 2.71 bits per heavy atom. The molecule has 3 nitrogen and oxygen atoms in total. The van der Waals surface area contributed by atoms with Crippen molar-refractivity contribution in [1.29, 1.82) is 0 Å². The highest BCUT2D eigenvalue weighted by Crippen LogP contribution is 2.26. The van der Waals surface area contributed by atoms with E-state index in [1.165, 1.54) is 32.1 Å². The number of rotatable bonds is 4. The first-order valence-corrected chi connectivity index (χ1v) is 5.81. The molecule has 3 heteroatoms. The second kappa shape index (κ2) is 4.60. The van der Waals surface area contributed by atoms with E-state index in [1.807, 2.05) is 0 Å². The molecule has 0 radical (unpaired) electrons. The van der Waals surface area contributed by atoms with E-state index in [0.29, 0.717) is 18.2 Å². The molecule has 2 aliphatic carbocycles. The summed E-state index contributed by atoms with van der Waals surface area (Å²) < 4.78 is 5.24. The van der Waals surface area contributed by atoms with Crippen molar-refractivity contribution in [2.75, 3.05) is 13.7 Å². The van der Waals surface area contributed by atoms with Crippen molar-refractivity contribution in [3.05, 3.63) is 0 Å². The van der Waals surface area contributed by atoms with Gasteiger partial charge in [-0.3, -0.25) is 0 Å². The van der Waals surface area contributed by atoms with Crippen LogP contribution in [0.15, 0.2) is 0 Å². The molecule has 0 bridgehead atoms. The molecule has 0 aromatic heterocycles. The minimum absolute atomic E-state index is 0.445. The van der Waals surface area contributed by atoms with Crippen LogP contribution >= 0.6 is 0 Å². The van der Waals surface area contributed by atoms with Gasteiger partial charge in [-0.15, -0.1) is 0 Å². The van der Waals surface area contributed by atoms with Crippen LogP contribution in [-0.2, 0) is 4.74 Å². The number of nitrogens with one attached hydrogen (secondary N) is 1. The molecule has 0 amide bonds. The molecule has 0 saturated heterocycles. The number of methoxy groups -OCH3 is 1. The van der Waals surface area contributed by atoms with Gasteiger partial charge in [-0.2, -0.15) is 0 Å². The van der Waals surface area contributed by atoms with Gasteiger partial charge in [0.2, 0.25) is 0 Å². The van der Waals surface area contributed by atoms with Crippen LogP contribution in [0.25, 0.3) is 0 Å². The van der Waals surface area contributed by atoms with Crippen molar-refractivity contribution in [3.63, 3.8) is 0 Å². The standard InChI is InChI=1S/C11H22N2O/c1-14-10-5-9(6-10)13-7-8-3-2-4-11(8)12/h8-11,13H,2-7,12H2,1H3. The summed E-state index contributed by atoms with van der Waals surface area (Å²) in [5.41, 5.74) is 6.01. The predicted octanol–water partition coefficient (Wildman–Crippen LogP) is 0.881. The zero-order valence-corrected chi connectivity index (χ0v) is 9.04. The van der Waals surface area contributed by atoms with Crippen LogP contribution in [0.3, 0.4) is 0 Å². The molecular weight excluding hydrogens is 176 g/mol. The van der Waals surface area contributed by atoms with Gasteiger partial charge in [-0.25, -0.2) is 0 Å². The molecular formula is C11H22N2O. The van der Waals surface area contributed by atoms with Crippen molar-refractivity contribution in [3.8, 4) is 0 Å². The van der Waals surface area contributed by atoms with Crippen molar-refractivity contribution in [2.45, 2.75) is 50.3 Å².